The van der Waals surface area contributed by atoms with Gasteiger partial charge in [0.15, 0.2) is 18.2 Å². The molecule has 0 spiro atoms. The Morgan fingerprint density at radius 1 is 1.06 bits per heavy atom. The molecule has 1 aromatic heterocycles. The number of halogens is 2. The third kappa shape index (κ3) is 5.87. The van der Waals surface area contributed by atoms with Gasteiger partial charge < -0.3 is 10.1 Å². The number of aromatic nitrogens is 2. The number of amides is 1. The molecule has 0 aliphatic carbocycles. The fraction of sp³-hybridized carbons (Fsp3) is 0.208. The number of nitrogens with one attached hydrogen (secondary N) is 1. The molecule has 0 bridgehead atoms. The molecular weight excluding hydrogens is 416 g/mol. The number of hydrogen-bond donors (Lipinski definition) is 1. The Morgan fingerprint density at radius 2 is 1.78 bits per heavy atom. The van der Waals surface area contributed by atoms with Gasteiger partial charge in [-0.15, -0.1) is 0 Å². The van der Waals surface area contributed by atoms with Crippen LogP contribution in [0.1, 0.15) is 28.1 Å². The lowest BCUT2D eigenvalue weighted by Gasteiger charge is -2.06. The quantitative estimate of drug-likeness (QED) is 0.439. The van der Waals surface area contributed by atoms with E-state index in [-0.39, 0.29) is 5.69 Å². The van der Waals surface area contributed by atoms with Crippen LogP contribution in [0.15, 0.2) is 48.5 Å². The maximum atomic E-state index is 13.2. The van der Waals surface area contributed by atoms with E-state index in [2.05, 4.69) is 10.4 Å². The van der Waals surface area contributed by atoms with E-state index < -0.39 is 30.1 Å². The monoisotopic (exact) mass is 439 g/mol. The minimum Gasteiger partial charge on any atom is -0.452 e. The highest BCUT2D eigenvalue weighted by molar-refractivity contribution is 5.94. The van der Waals surface area contributed by atoms with Crippen molar-refractivity contribution in [1.29, 1.82) is 0 Å². The van der Waals surface area contributed by atoms with Crippen LogP contribution in [0.4, 0.5) is 14.5 Å². The van der Waals surface area contributed by atoms with Crippen molar-refractivity contribution in [2.24, 2.45) is 0 Å². The molecule has 0 atom stereocenters. The van der Waals surface area contributed by atoms with Crippen LogP contribution >= 0.6 is 0 Å². The predicted octanol–water partition coefficient (Wildman–Crippen LogP) is 4.33. The molecule has 1 amide bonds. The van der Waals surface area contributed by atoms with Crippen molar-refractivity contribution < 1.29 is 23.1 Å². The van der Waals surface area contributed by atoms with Crippen LogP contribution in [0.3, 0.4) is 0 Å². The van der Waals surface area contributed by atoms with Gasteiger partial charge in [-0.3, -0.25) is 9.48 Å². The highest BCUT2D eigenvalue weighted by Crippen LogP contribution is 2.17. The van der Waals surface area contributed by atoms with Crippen molar-refractivity contribution in [1.82, 2.24) is 9.78 Å². The Kier molecular flexibility index (Phi) is 7.14. The van der Waals surface area contributed by atoms with Gasteiger partial charge in [0.1, 0.15) is 0 Å². The van der Waals surface area contributed by atoms with Gasteiger partial charge >= 0.3 is 5.97 Å². The minimum atomic E-state index is -1.09. The van der Waals surface area contributed by atoms with Crippen LogP contribution < -0.4 is 5.32 Å². The van der Waals surface area contributed by atoms with Gasteiger partial charge in [0.05, 0.1) is 12.2 Å². The summed E-state index contributed by atoms with van der Waals surface area (Å²) >= 11 is 0. The second kappa shape index (κ2) is 10.00. The standard InChI is InChI=1S/C24H23F2N3O3/c1-15-4-6-18(7-5-15)13-29-17(3)20(16(2)28-29)9-11-24(31)32-14-23(30)27-19-8-10-21(25)22(26)12-19/h4-12H,13-14H2,1-3H3,(H,27,30)/b11-9+. The third-order valence-corrected chi connectivity index (χ3v) is 4.83. The maximum absolute atomic E-state index is 13.2. The summed E-state index contributed by atoms with van der Waals surface area (Å²) in [6, 6.07) is 11.1. The van der Waals surface area contributed by atoms with E-state index in [0.717, 1.165) is 34.6 Å². The average Bonchev–Trinajstić information content (AvgIpc) is 3.02. The van der Waals surface area contributed by atoms with Gasteiger partial charge in [-0.25, -0.2) is 13.6 Å². The van der Waals surface area contributed by atoms with Crippen LogP contribution in [-0.2, 0) is 20.9 Å². The molecule has 0 aliphatic rings. The van der Waals surface area contributed by atoms with E-state index in [1.54, 1.807) is 6.08 Å². The zero-order valence-electron chi connectivity index (χ0n) is 18.0. The van der Waals surface area contributed by atoms with Crippen molar-refractivity contribution in [3.63, 3.8) is 0 Å². The van der Waals surface area contributed by atoms with Crippen molar-refractivity contribution in [2.45, 2.75) is 27.3 Å². The summed E-state index contributed by atoms with van der Waals surface area (Å²) in [5, 5.41) is 6.86. The number of nitrogens with zero attached hydrogens (tertiary/aromatic N) is 2. The van der Waals surface area contributed by atoms with E-state index in [9.17, 15) is 18.4 Å². The summed E-state index contributed by atoms with van der Waals surface area (Å²) < 4.78 is 32.9. The van der Waals surface area contributed by atoms with E-state index in [4.69, 9.17) is 4.74 Å². The normalized spacial score (nSPS) is 11.0. The Bertz CT molecular complexity index is 1170. The summed E-state index contributed by atoms with van der Waals surface area (Å²) in [6.07, 6.45) is 2.82. The van der Waals surface area contributed by atoms with E-state index >= 15 is 0 Å². The van der Waals surface area contributed by atoms with Gasteiger partial charge in [0, 0.05) is 29.1 Å². The summed E-state index contributed by atoms with van der Waals surface area (Å²) in [5.74, 6) is -3.49. The first-order valence-electron chi connectivity index (χ1n) is 9.92. The Morgan fingerprint density at radius 3 is 2.47 bits per heavy atom. The second-order valence-electron chi connectivity index (χ2n) is 7.35. The molecule has 2 aromatic carbocycles. The summed E-state index contributed by atoms with van der Waals surface area (Å²) in [4.78, 5) is 23.9. The van der Waals surface area contributed by atoms with Gasteiger partial charge in [0.25, 0.3) is 5.91 Å². The molecular formula is C24H23F2N3O3. The number of carbonyl (C=O) groups is 2. The number of ether oxygens (including phenoxy) is 1. The van der Waals surface area contributed by atoms with Crippen molar-refractivity contribution in [2.75, 3.05) is 11.9 Å². The zero-order chi connectivity index (χ0) is 23.3. The molecule has 3 rings (SSSR count). The van der Waals surface area contributed by atoms with Gasteiger partial charge in [-0.2, -0.15) is 5.10 Å². The smallest absolute Gasteiger partial charge is 0.331 e. The van der Waals surface area contributed by atoms with Gasteiger partial charge in [-0.05, 0) is 44.5 Å². The van der Waals surface area contributed by atoms with Gasteiger partial charge in [-0.1, -0.05) is 29.8 Å². The van der Waals surface area contributed by atoms with Crippen molar-refractivity contribution in [3.05, 3.63) is 88.3 Å². The molecule has 0 saturated heterocycles. The molecule has 8 heteroatoms. The van der Waals surface area contributed by atoms with Crippen molar-refractivity contribution in [3.8, 4) is 0 Å². The fourth-order valence-corrected chi connectivity index (χ4v) is 3.08. The largest absolute Gasteiger partial charge is 0.452 e. The number of carbonyl (C=O) groups excluding carboxylic acids is 2. The number of hydrogen-bond acceptors (Lipinski definition) is 4. The molecule has 1 heterocycles. The molecule has 3 aromatic rings. The van der Waals surface area contributed by atoms with Crippen LogP contribution in [0.2, 0.25) is 0 Å². The molecule has 0 saturated carbocycles. The lowest BCUT2D eigenvalue weighted by Crippen LogP contribution is -2.20. The number of rotatable bonds is 7. The number of anilines is 1. The van der Waals surface area contributed by atoms with Crippen LogP contribution in [-0.4, -0.2) is 28.3 Å². The highest BCUT2D eigenvalue weighted by atomic mass is 19.2. The topological polar surface area (TPSA) is 73.2 Å². The second-order valence-corrected chi connectivity index (χ2v) is 7.35. The molecule has 32 heavy (non-hydrogen) atoms. The average molecular weight is 439 g/mol. The molecule has 0 aliphatic heterocycles. The van der Waals surface area contributed by atoms with Crippen molar-refractivity contribution >= 4 is 23.6 Å². The molecule has 1 N–H and O–H groups in total. The summed E-state index contributed by atoms with van der Waals surface area (Å²) in [6.45, 7) is 5.83. The van der Waals surface area contributed by atoms with E-state index in [1.807, 2.05) is 49.7 Å². The van der Waals surface area contributed by atoms with Gasteiger partial charge in [0.2, 0.25) is 0 Å². The lowest BCUT2D eigenvalue weighted by atomic mass is 10.1. The first kappa shape index (κ1) is 22.9. The SMILES string of the molecule is Cc1ccc(Cn2nc(C)c(/C=C/C(=O)OCC(=O)Nc3ccc(F)c(F)c3)c2C)cc1. The highest BCUT2D eigenvalue weighted by Gasteiger charge is 2.11. The molecule has 166 valence electrons. The zero-order valence-corrected chi connectivity index (χ0v) is 18.0. The minimum absolute atomic E-state index is 0.0627. The number of esters is 1. The number of benzene rings is 2. The fourth-order valence-electron chi connectivity index (χ4n) is 3.08. The summed E-state index contributed by atoms with van der Waals surface area (Å²) in [7, 11) is 0. The Hall–Kier alpha value is -3.81. The molecule has 0 fully saturated rings. The predicted molar refractivity (Wildman–Crippen MR) is 117 cm³/mol. The first-order chi connectivity index (χ1) is 15.2. The van der Waals surface area contributed by atoms with Crippen LogP contribution in [0.5, 0.6) is 0 Å². The Balaban J connectivity index is 1.56. The van der Waals surface area contributed by atoms with E-state index in [0.29, 0.717) is 6.54 Å². The number of aryl methyl sites for hydroxylation is 2. The van der Waals surface area contributed by atoms with E-state index in [1.165, 1.54) is 17.7 Å². The Labute approximate surface area is 184 Å². The molecule has 0 radical (unpaired) electrons. The first-order valence-corrected chi connectivity index (χ1v) is 9.92. The summed E-state index contributed by atoms with van der Waals surface area (Å²) in [5.41, 5.74) is 4.80. The lowest BCUT2D eigenvalue weighted by molar-refractivity contribution is -0.142. The molecule has 6 nitrogen and oxygen atoms in total. The van der Waals surface area contributed by atoms with Crippen LogP contribution in [0, 0.1) is 32.4 Å². The maximum Gasteiger partial charge on any atom is 0.331 e. The molecule has 0 unspecified atom stereocenters. The van der Waals surface area contributed by atoms with Crippen LogP contribution in [0.25, 0.3) is 6.08 Å². The third-order valence-electron chi connectivity index (χ3n) is 4.83.